The predicted molar refractivity (Wildman–Crippen MR) is 95.2 cm³/mol. The Balaban J connectivity index is 1.33. The van der Waals surface area contributed by atoms with Crippen molar-refractivity contribution in [2.75, 3.05) is 13.1 Å². The van der Waals surface area contributed by atoms with Crippen LogP contribution in [0.5, 0.6) is 0 Å². The highest BCUT2D eigenvalue weighted by Crippen LogP contribution is 2.53. The molecule has 4 rings (SSSR count). The van der Waals surface area contributed by atoms with Gasteiger partial charge in [-0.3, -0.25) is 14.6 Å². The molecule has 1 aromatic heterocycles. The van der Waals surface area contributed by atoms with Crippen LogP contribution in [-0.4, -0.2) is 40.8 Å². The summed E-state index contributed by atoms with van der Waals surface area (Å²) in [5.74, 6) is -0.317. The quantitative estimate of drug-likeness (QED) is 0.900. The minimum Gasteiger partial charge on any atom is -0.341 e. The smallest absolute Gasteiger partial charge is 0.253 e. The maximum atomic E-state index is 12.6. The van der Waals surface area contributed by atoms with Gasteiger partial charge in [0.05, 0.1) is 22.7 Å². The summed E-state index contributed by atoms with van der Waals surface area (Å²) in [7, 11) is 0. The fourth-order valence-corrected chi connectivity index (χ4v) is 3.86. The van der Waals surface area contributed by atoms with E-state index < -0.39 is 11.5 Å². The third-order valence-electron chi connectivity index (χ3n) is 6.29. The van der Waals surface area contributed by atoms with Gasteiger partial charge >= 0.3 is 0 Å². The van der Waals surface area contributed by atoms with Crippen LogP contribution in [0, 0.1) is 16.7 Å². The summed E-state index contributed by atoms with van der Waals surface area (Å²) in [5, 5.41) is 12.0. The normalized spacial score (nSPS) is 23.0. The van der Waals surface area contributed by atoms with Crippen LogP contribution in [0.25, 0.3) is 0 Å². The van der Waals surface area contributed by atoms with Gasteiger partial charge in [-0.1, -0.05) is 0 Å². The van der Waals surface area contributed by atoms with Gasteiger partial charge in [0.1, 0.15) is 6.04 Å². The molecular formula is C20H24N4O2. The molecule has 2 amide bonds. The van der Waals surface area contributed by atoms with Crippen molar-refractivity contribution in [3.8, 4) is 6.07 Å². The standard InChI is InChI=1S/C20H24N4O2/c1-14(18(26)24-10-8-19(4-5-19)9-11-24)23-17(25)15-2-3-16(22-12-15)20(13-21)6-7-20/h2-3,12,14H,4-11H2,1H3,(H,23,25)/t14-/m0/s1. The highest BCUT2D eigenvalue weighted by molar-refractivity contribution is 5.97. The molecule has 6 heteroatoms. The van der Waals surface area contributed by atoms with E-state index in [9.17, 15) is 14.9 Å². The van der Waals surface area contributed by atoms with Gasteiger partial charge in [0.15, 0.2) is 0 Å². The molecule has 1 saturated heterocycles. The fourth-order valence-electron chi connectivity index (χ4n) is 3.86. The molecular weight excluding hydrogens is 328 g/mol. The number of hydrogen-bond donors (Lipinski definition) is 1. The first-order valence-corrected chi connectivity index (χ1v) is 9.45. The first-order valence-electron chi connectivity index (χ1n) is 9.45. The van der Waals surface area contributed by atoms with Gasteiger partial charge in [-0.25, -0.2) is 0 Å². The minimum atomic E-state index is -0.552. The zero-order chi connectivity index (χ0) is 18.4. The predicted octanol–water partition coefficient (Wildman–Crippen LogP) is 2.16. The molecule has 6 nitrogen and oxygen atoms in total. The molecule has 3 fully saturated rings. The number of rotatable bonds is 4. The zero-order valence-corrected chi connectivity index (χ0v) is 15.1. The molecule has 1 spiro atoms. The van der Waals surface area contributed by atoms with E-state index in [1.165, 1.54) is 19.0 Å². The molecule has 2 aliphatic carbocycles. The van der Waals surface area contributed by atoms with Crippen molar-refractivity contribution in [1.29, 1.82) is 5.26 Å². The summed E-state index contributed by atoms with van der Waals surface area (Å²) in [6.07, 6.45) is 7.93. The lowest BCUT2D eigenvalue weighted by molar-refractivity contribution is -0.134. The van der Waals surface area contributed by atoms with E-state index in [1.807, 2.05) is 4.90 Å². The molecule has 0 radical (unpaired) electrons. The number of piperidine rings is 1. The Morgan fingerprint density at radius 3 is 2.38 bits per heavy atom. The van der Waals surface area contributed by atoms with Crippen LogP contribution in [0.1, 0.15) is 61.5 Å². The first-order chi connectivity index (χ1) is 12.5. The van der Waals surface area contributed by atoms with Gasteiger partial charge in [0.2, 0.25) is 5.91 Å². The van der Waals surface area contributed by atoms with Crippen molar-refractivity contribution >= 4 is 11.8 Å². The van der Waals surface area contributed by atoms with Gasteiger partial charge in [-0.2, -0.15) is 5.26 Å². The summed E-state index contributed by atoms with van der Waals surface area (Å²) in [5.41, 5.74) is 1.21. The molecule has 0 unspecified atom stereocenters. The monoisotopic (exact) mass is 352 g/mol. The molecule has 3 aliphatic rings. The lowest BCUT2D eigenvalue weighted by Gasteiger charge is -2.33. The summed E-state index contributed by atoms with van der Waals surface area (Å²) in [6.45, 7) is 3.33. The molecule has 26 heavy (non-hydrogen) atoms. The van der Waals surface area contributed by atoms with Crippen molar-refractivity contribution in [2.24, 2.45) is 5.41 Å². The van der Waals surface area contributed by atoms with E-state index in [1.54, 1.807) is 19.1 Å². The van der Waals surface area contributed by atoms with Crippen molar-refractivity contribution in [3.05, 3.63) is 29.6 Å². The maximum Gasteiger partial charge on any atom is 0.253 e. The van der Waals surface area contributed by atoms with Gasteiger partial charge in [-0.15, -0.1) is 0 Å². The van der Waals surface area contributed by atoms with Crippen LogP contribution in [0.4, 0.5) is 0 Å². The molecule has 2 heterocycles. The Labute approximate surface area is 153 Å². The molecule has 1 atom stereocenters. The van der Waals surface area contributed by atoms with Gasteiger partial charge in [0, 0.05) is 19.3 Å². The number of carbonyl (C=O) groups excluding carboxylic acids is 2. The van der Waals surface area contributed by atoms with E-state index in [0.29, 0.717) is 11.0 Å². The molecule has 1 aromatic rings. The van der Waals surface area contributed by atoms with Crippen molar-refractivity contribution in [3.63, 3.8) is 0 Å². The van der Waals surface area contributed by atoms with Crippen LogP contribution in [-0.2, 0) is 10.2 Å². The first kappa shape index (κ1) is 17.0. The highest BCUT2D eigenvalue weighted by atomic mass is 16.2. The highest BCUT2D eigenvalue weighted by Gasteiger charge is 2.46. The number of hydrogen-bond acceptors (Lipinski definition) is 4. The molecule has 2 saturated carbocycles. The number of nitrogens with zero attached hydrogens (tertiary/aromatic N) is 3. The van der Waals surface area contributed by atoms with Gasteiger partial charge in [-0.05, 0) is 63.0 Å². The third kappa shape index (κ3) is 3.07. The number of nitrogens with one attached hydrogen (secondary N) is 1. The van der Waals surface area contributed by atoms with Crippen molar-refractivity contribution in [2.45, 2.75) is 56.9 Å². The summed E-state index contributed by atoms with van der Waals surface area (Å²) < 4.78 is 0. The Morgan fingerprint density at radius 1 is 1.19 bits per heavy atom. The lowest BCUT2D eigenvalue weighted by Crippen LogP contribution is -2.49. The number of pyridine rings is 1. The van der Waals surface area contributed by atoms with Crippen molar-refractivity contribution in [1.82, 2.24) is 15.2 Å². The summed E-state index contributed by atoms with van der Waals surface area (Å²) in [6, 6.07) is 5.18. The average molecular weight is 352 g/mol. The van der Waals surface area contributed by atoms with Crippen LogP contribution >= 0.6 is 0 Å². The number of likely N-dealkylation sites (tertiary alicyclic amines) is 1. The Bertz CT molecular complexity index is 762. The van der Waals surface area contributed by atoms with Gasteiger partial charge in [0.25, 0.3) is 5.91 Å². The second-order valence-corrected chi connectivity index (χ2v) is 8.15. The molecule has 0 aromatic carbocycles. The average Bonchev–Trinajstić information content (AvgIpc) is 3.59. The summed E-state index contributed by atoms with van der Waals surface area (Å²) in [4.78, 5) is 31.2. The molecule has 1 N–H and O–H groups in total. The largest absolute Gasteiger partial charge is 0.341 e. The van der Waals surface area contributed by atoms with E-state index >= 15 is 0 Å². The maximum absolute atomic E-state index is 12.6. The third-order valence-corrected chi connectivity index (χ3v) is 6.29. The Hall–Kier alpha value is -2.42. The zero-order valence-electron chi connectivity index (χ0n) is 15.1. The Morgan fingerprint density at radius 2 is 1.88 bits per heavy atom. The number of carbonyl (C=O) groups is 2. The van der Waals surface area contributed by atoms with Crippen molar-refractivity contribution < 1.29 is 9.59 Å². The number of amides is 2. The lowest BCUT2D eigenvalue weighted by atomic mass is 9.93. The topological polar surface area (TPSA) is 86.1 Å². The second-order valence-electron chi connectivity index (χ2n) is 8.15. The SMILES string of the molecule is C[C@H](NC(=O)c1ccc(C2(C#N)CC2)nc1)C(=O)N1CCC2(CC1)CC2. The van der Waals surface area contributed by atoms with E-state index in [4.69, 9.17) is 0 Å². The number of nitriles is 1. The summed E-state index contributed by atoms with van der Waals surface area (Å²) >= 11 is 0. The molecule has 1 aliphatic heterocycles. The molecule has 136 valence electrons. The van der Waals surface area contributed by atoms with E-state index in [0.717, 1.165) is 44.5 Å². The van der Waals surface area contributed by atoms with E-state index in [-0.39, 0.29) is 11.8 Å². The number of aromatic nitrogens is 1. The minimum absolute atomic E-state index is 0.0140. The molecule has 0 bridgehead atoms. The Kier molecular flexibility index (Phi) is 3.98. The van der Waals surface area contributed by atoms with Crippen LogP contribution < -0.4 is 5.32 Å². The van der Waals surface area contributed by atoms with Crippen LogP contribution in [0.2, 0.25) is 0 Å². The van der Waals surface area contributed by atoms with Gasteiger partial charge < -0.3 is 10.2 Å². The van der Waals surface area contributed by atoms with Crippen LogP contribution in [0.3, 0.4) is 0 Å². The second kappa shape index (κ2) is 6.08. The van der Waals surface area contributed by atoms with Crippen LogP contribution in [0.15, 0.2) is 18.3 Å². The fraction of sp³-hybridized carbons (Fsp3) is 0.600. The van der Waals surface area contributed by atoms with E-state index in [2.05, 4.69) is 16.4 Å².